The van der Waals surface area contributed by atoms with Crippen LogP contribution < -0.4 is 5.73 Å². The standard InChI is InChI=1S/C7H11N5S/c1-5(2-3-8)6-11-12-4-9-10-7(12)13-6/h4-5H,2-3,8H2,1H3. The van der Waals surface area contributed by atoms with Gasteiger partial charge in [-0.15, -0.1) is 10.2 Å². The van der Waals surface area contributed by atoms with Gasteiger partial charge in [-0.3, -0.25) is 0 Å². The molecule has 2 aromatic heterocycles. The van der Waals surface area contributed by atoms with E-state index in [0.29, 0.717) is 12.5 Å². The van der Waals surface area contributed by atoms with Crippen LogP contribution in [0.3, 0.4) is 0 Å². The van der Waals surface area contributed by atoms with Crippen molar-refractivity contribution in [1.82, 2.24) is 19.8 Å². The Labute approximate surface area is 79.6 Å². The molecule has 2 rings (SSSR count). The number of aromatic nitrogens is 4. The number of nitrogens with zero attached hydrogens (tertiary/aromatic N) is 4. The average Bonchev–Trinajstić information content (AvgIpc) is 2.61. The Hall–Kier alpha value is -1.01. The first-order valence-corrected chi connectivity index (χ1v) is 4.99. The molecule has 0 fully saturated rings. The maximum atomic E-state index is 5.48. The number of rotatable bonds is 3. The van der Waals surface area contributed by atoms with E-state index in [9.17, 15) is 0 Å². The van der Waals surface area contributed by atoms with Crippen molar-refractivity contribution in [3.05, 3.63) is 11.3 Å². The minimum Gasteiger partial charge on any atom is -0.330 e. The third kappa shape index (κ3) is 1.54. The fraction of sp³-hybridized carbons (Fsp3) is 0.571. The SMILES string of the molecule is CC(CCN)c1nn2cnnc2s1. The van der Waals surface area contributed by atoms with E-state index in [1.165, 1.54) is 0 Å². The lowest BCUT2D eigenvalue weighted by atomic mass is 10.1. The highest BCUT2D eigenvalue weighted by Gasteiger charge is 2.11. The van der Waals surface area contributed by atoms with Gasteiger partial charge in [-0.05, 0) is 13.0 Å². The van der Waals surface area contributed by atoms with E-state index in [0.717, 1.165) is 16.4 Å². The molecule has 0 spiro atoms. The Bertz CT molecular complexity index is 364. The van der Waals surface area contributed by atoms with Crippen LogP contribution in [0.25, 0.3) is 4.96 Å². The molecule has 1 unspecified atom stereocenters. The Morgan fingerprint density at radius 3 is 3.23 bits per heavy atom. The van der Waals surface area contributed by atoms with Gasteiger partial charge in [-0.25, -0.2) is 0 Å². The second kappa shape index (κ2) is 3.39. The van der Waals surface area contributed by atoms with Crippen molar-refractivity contribution in [2.24, 2.45) is 5.73 Å². The monoisotopic (exact) mass is 197 g/mol. The van der Waals surface area contributed by atoms with Crippen molar-refractivity contribution in [2.45, 2.75) is 19.3 Å². The van der Waals surface area contributed by atoms with Crippen molar-refractivity contribution in [2.75, 3.05) is 6.54 Å². The highest BCUT2D eigenvalue weighted by molar-refractivity contribution is 7.16. The molecule has 2 N–H and O–H groups in total. The smallest absolute Gasteiger partial charge is 0.234 e. The second-order valence-electron chi connectivity index (χ2n) is 2.98. The van der Waals surface area contributed by atoms with Gasteiger partial charge in [0, 0.05) is 5.92 Å². The molecule has 1 atom stereocenters. The van der Waals surface area contributed by atoms with Gasteiger partial charge in [-0.2, -0.15) is 9.61 Å². The van der Waals surface area contributed by atoms with Crippen molar-refractivity contribution >= 4 is 16.3 Å². The van der Waals surface area contributed by atoms with Gasteiger partial charge >= 0.3 is 0 Å². The molecule has 0 aliphatic carbocycles. The van der Waals surface area contributed by atoms with Gasteiger partial charge in [0.05, 0.1) is 0 Å². The van der Waals surface area contributed by atoms with Crippen molar-refractivity contribution in [1.29, 1.82) is 0 Å². The second-order valence-corrected chi connectivity index (χ2v) is 3.96. The van der Waals surface area contributed by atoms with E-state index in [4.69, 9.17) is 5.73 Å². The molecule has 5 nitrogen and oxygen atoms in total. The largest absolute Gasteiger partial charge is 0.330 e. The van der Waals surface area contributed by atoms with E-state index in [-0.39, 0.29) is 0 Å². The molecule has 0 radical (unpaired) electrons. The first kappa shape index (κ1) is 8.58. The van der Waals surface area contributed by atoms with Gasteiger partial charge in [0.15, 0.2) is 0 Å². The molecule has 2 heterocycles. The summed E-state index contributed by atoms with van der Waals surface area (Å²) in [6.07, 6.45) is 2.58. The normalized spacial score (nSPS) is 13.7. The summed E-state index contributed by atoms with van der Waals surface area (Å²) in [5, 5.41) is 13.1. The fourth-order valence-corrected chi connectivity index (χ4v) is 2.05. The molecule has 0 amide bonds. The lowest BCUT2D eigenvalue weighted by molar-refractivity contribution is 0.670. The van der Waals surface area contributed by atoms with Crippen LogP contribution in [-0.4, -0.2) is 26.4 Å². The number of fused-ring (bicyclic) bond motifs is 1. The first-order chi connectivity index (χ1) is 6.31. The lowest BCUT2D eigenvalue weighted by Gasteiger charge is -2.03. The summed E-state index contributed by atoms with van der Waals surface area (Å²) in [6.45, 7) is 2.82. The van der Waals surface area contributed by atoms with Crippen molar-refractivity contribution in [3.8, 4) is 0 Å². The molecule has 0 aromatic carbocycles. The third-order valence-corrected chi connectivity index (χ3v) is 3.07. The molecule has 2 aromatic rings. The Morgan fingerprint density at radius 1 is 1.69 bits per heavy atom. The predicted octanol–water partition coefficient (Wildman–Crippen LogP) is 0.638. The number of nitrogens with two attached hydrogens (primary N) is 1. The fourth-order valence-electron chi connectivity index (χ4n) is 1.15. The van der Waals surface area contributed by atoms with Crippen LogP contribution in [-0.2, 0) is 0 Å². The van der Waals surface area contributed by atoms with Gasteiger partial charge < -0.3 is 5.73 Å². The summed E-state index contributed by atoms with van der Waals surface area (Å²) in [4.78, 5) is 0.846. The quantitative estimate of drug-likeness (QED) is 0.784. The van der Waals surface area contributed by atoms with Crippen LogP contribution in [0.5, 0.6) is 0 Å². The zero-order valence-corrected chi connectivity index (χ0v) is 8.16. The molecule has 0 aliphatic heterocycles. The maximum Gasteiger partial charge on any atom is 0.234 e. The molecule has 13 heavy (non-hydrogen) atoms. The highest BCUT2D eigenvalue weighted by atomic mass is 32.1. The molecule has 6 heteroatoms. The molecule has 70 valence electrons. The van der Waals surface area contributed by atoms with Gasteiger partial charge in [0.1, 0.15) is 11.3 Å². The minimum atomic E-state index is 0.414. The maximum absolute atomic E-state index is 5.48. The molecule has 0 aliphatic rings. The molecule has 0 saturated heterocycles. The summed E-state index contributed by atoms with van der Waals surface area (Å²) >= 11 is 1.57. The lowest BCUT2D eigenvalue weighted by Crippen LogP contribution is -2.04. The topological polar surface area (TPSA) is 69.1 Å². The zero-order valence-electron chi connectivity index (χ0n) is 7.34. The van der Waals surface area contributed by atoms with E-state index in [2.05, 4.69) is 22.2 Å². The van der Waals surface area contributed by atoms with Crippen LogP contribution in [0, 0.1) is 0 Å². The molecular formula is C7H11N5S. The average molecular weight is 197 g/mol. The van der Waals surface area contributed by atoms with E-state index < -0.39 is 0 Å². The Morgan fingerprint density at radius 2 is 2.54 bits per heavy atom. The summed E-state index contributed by atoms with van der Waals surface area (Å²) in [5.74, 6) is 0.414. The van der Waals surface area contributed by atoms with Crippen LogP contribution in [0.1, 0.15) is 24.3 Å². The van der Waals surface area contributed by atoms with Crippen LogP contribution >= 0.6 is 11.3 Å². The number of hydrogen-bond donors (Lipinski definition) is 1. The molecular weight excluding hydrogens is 186 g/mol. The van der Waals surface area contributed by atoms with Crippen LogP contribution in [0.2, 0.25) is 0 Å². The Kier molecular flexibility index (Phi) is 2.24. The minimum absolute atomic E-state index is 0.414. The summed E-state index contributed by atoms with van der Waals surface area (Å²) in [5.41, 5.74) is 5.48. The predicted molar refractivity (Wildman–Crippen MR) is 50.7 cm³/mol. The Balaban J connectivity index is 2.28. The van der Waals surface area contributed by atoms with E-state index in [1.54, 1.807) is 22.2 Å². The zero-order chi connectivity index (χ0) is 9.26. The first-order valence-electron chi connectivity index (χ1n) is 4.18. The van der Waals surface area contributed by atoms with Crippen LogP contribution in [0.4, 0.5) is 0 Å². The highest BCUT2D eigenvalue weighted by Crippen LogP contribution is 2.22. The van der Waals surface area contributed by atoms with Crippen molar-refractivity contribution < 1.29 is 0 Å². The van der Waals surface area contributed by atoms with Gasteiger partial charge in [0.25, 0.3) is 0 Å². The molecule has 0 bridgehead atoms. The summed E-state index contributed by atoms with van der Waals surface area (Å²) in [6, 6.07) is 0. The number of hydrogen-bond acceptors (Lipinski definition) is 5. The molecule has 0 saturated carbocycles. The third-order valence-electron chi connectivity index (χ3n) is 1.92. The van der Waals surface area contributed by atoms with Crippen molar-refractivity contribution in [3.63, 3.8) is 0 Å². The van der Waals surface area contributed by atoms with E-state index in [1.807, 2.05) is 0 Å². The van der Waals surface area contributed by atoms with Crippen LogP contribution in [0.15, 0.2) is 6.33 Å². The van der Waals surface area contributed by atoms with Gasteiger partial charge in [-0.1, -0.05) is 18.3 Å². The van der Waals surface area contributed by atoms with Gasteiger partial charge in [0.2, 0.25) is 4.96 Å². The van der Waals surface area contributed by atoms with E-state index >= 15 is 0 Å². The summed E-state index contributed by atoms with van der Waals surface area (Å²) in [7, 11) is 0. The summed E-state index contributed by atoms with van der Waals surface area (Å²) < 4.78 is 1.70.